The summed E-state index contributed by atoms with van der Waals surface area (Å²) in [5.41, 5.74) is 2.11. The molecule has 1 saturated heterocycles. The SMILES string of the molecule is Cn1c(SCC(=O)Nc2cccc(S(=O)(=O)N3CCOCC3)c2)nc2cc(Cl)ccc21. The number of nitrogens with zero attached hydrogens (tertiary/aromatic N) is 3. The van der Waals surface area contributed by atoms with Crippen LogP contribution in [-0.2, 0) is 26.6 Å². The third-order valence-corrected chi connectivity index (χ3v) is 8.02. The van der Waals surface area contributed by atoms with Crippen LogP contribution in [0.25, 0.3) is 11.0 Å². The third kappa shape index (κ3) is 4.88. The van der Waals surface area contributed by atoms with Gasteiger partial charge in [-0.05, 0) is 36.4 Å². The maximum Gasteiger partial charge on any atom is 0.243 e. The van der Waals surface area contributed by atoms with Crippen molar-refractivity contribution >= 4 is 56.0 Å². The Hall–Kier alpha value is -2.11. The minimum Gasteiger partial charge on any atom is -0.379 e. The molecule has 0 spiro atoms. The van der Waals surface area contributed by atoms with Gasteiger partial charge < -0.3 is 14.6 Å². The second-order valence-electron chi connectivity index (χ2n) is 6.97. The lowest BCUT2D eigenvalue weighted by molar-refractivity contribution is -0.113. The van der Waals surface area contributed by atoms with Crippen LogP contribution in [0.3, 0.4) is 0 Å². The van der Waals surface area contributed by atoms with Crippen LogP contribution in [0.5, 0.6) is 0 Å². The van der Waals surface area contributed by atoms with Crippen molar-refractivity contribution < 1.29 is 17.9 Å². The number of anilines is 1. The zero-order valence-electron chi connectivity index (χ0n) is 16.7. The lowest BCUT2D eigenvalue weighted by Gasteiger charge is -2.26. The molecule has 164 valence electrons. The summed E-state index contributed by atoms with van der Waals surface area (Å²) in [6.45, 7) is 1.39. The number of hydrogen-bond donors (Lipinski definition) is 1. The Kier molecular flexibility index (Phi) is 6.54. The van der Waals surface area contributed by atoms with Crippen molar-refractivity contribution in [3.63, 3.8) is 0 Å². The van der Waals surface area contributed by atoms with E-state index in [9.17, 15) is 13.2 Å². The Balaban J connectivity index is 1.42. The molecule has 0 saturated carbocycles. The molecule has 8 nitrogen and oxygen atoms in total. The maximum atomic E-state index is 12.8. The number of carbonyl (C=O) groups excluding carboxylic acids is 1. The molecule has 0 atom stereocenters. The van der Waals surface area contributed by atoms with Crippen molar-refractivity contribution in [3.8, 4) is 0 Å². The molecule has 1 aliphatic heterocycles. The molecule has 1 fully saturated rings. The van der Waals surface area contributed by atoms with Crippen LogP contribution in [0.4, 0.5) is 5.69 Å². The highest BCUT2D eigenvalue weighted by Gasteiger charge is 2.26. The number of imidazole rings is 1. The average Bonchev–Trinajstić information content (AvgIpc) is 3.07. The zero-order chi connectivity index (χ0) is 22.0. The first kappa shape index (κ1) is 22.1. The number of thioether (sulfide) groups is 1. The molecule has 4 rings (SSSR count). The Morgan fingerprint density at radius 2 is 2.00 bits per heavy atom. The molecule has 1 N–H and O–H groups in total. The fourth-order valence-corrected chi connectivity index (χ4v) is 5.69. The predicted molar refractivity (Wildman–Crippen MR) is 121 cm³/mol. The van der Waals surface area contributed by atoms with Gasteiger partial charge in [-0.1, -0.05) is 29.4 Å². The van der Waals surface area contributed by atoms with Gasteiger partial charge in [0.2, 0.25) is 15.9 Å². The Labute approximate surface area is 189 Å². The minimum absolute atomic E-state index is 0.130. The summed E-state index contributed by atoms with van der Waals surface area (Å²) in [5, 5.41) is 4.06. The van der Waals surface area contributed by atoms with E-state index in [0.717, 1.165) is 11.0 Å². The summed E-state index contributed by atoms with van der Waals surface area (Å²) in [6.07, 6.45) is 0. The largest absolute Gasteiger partial charge is 0.379 e. The fraction of sp³-hybridized carbons (Fsp3) is 0.300. The lowest BCUT2D eigenvalue weighted by atomic mass is 10.3. The molecule has 2 heterocycles. The van der Waals surface area contributed by atoms with Crippen LogP contribution in [-0.4, -0.2) is 60.2 Å². The molecule has 0 unspecified atom stereocenters. The Bertz CT molecular complexity index is 1220. The summed E-state index contributed by atoms with van der Waals surface area (Å²) in [5.74, 6) is -0.123. The first-order chi connectivity index (χ1) is 14.8. The average molecular weight is 481 g/mol. The number of ether oxygens (including phenoxy) is 1. The number of fused-ring (bicyclic) bond motifs is 1. The number of sulfonamides is 1. The summed E-state index contributed by atoms with van der Waals surface area (Å²) in [4.78, 5) is 17.1. The van der Waals surface area contributed by atoms with Gasteiger partial charge in [0.1, 0.15) is 0 Å². The monoisotopic (exact) mass is 480 g/mol. The van der Waals surface area contributed by atoms with Crippen molar-refractivity contribution in [2.75, 3.05) is 37.4 Å². The van der Waals surface area contributed by atoms with Crippen molar-refractivity contribution in [1.29, 1.82) is 0 Å². The number of nitrogens with one attached hydrogen (secondary N) is 1. The van der Waals surface area contributed by atoms with Gasteiger partial charge >= 0.3 is 0 Å². The summed E-state index contributed by atoms with van der Waals surface area (Å²) >= 11 is 7.32. The van der Waals surface area contributed by atoms with Crippen molar-refractivity contribution in [2.45, 2.75) is 10.1 Å². The number of rotatable bonds is 6. The van der Waals surface area contributed by atoms with Crippen molar-refractivity contribution in [1.82, 2.24) is 13.9 Å². The molecule has 1 aliphatic rings. The van der Waals surface area contributed by atoms with Crippen LogP contribution in [0.15, 0.2) is 52.5 Å². The molecule has 0 bridgehead atoms. The Morgan fingerprint density at radius 3 is 2.77 bits per heavy atom. The molecule has 3 aromatic rings. The van der Waals surface area contributed by atoms with E-state index in [1.165, 1.54) is 28.2 Å². The number of carbonyl (C=O) groups is 1. The highest BCUT2D eigenvalue weighted by molar-refractivity contribution is 7.99. The van der Waals surface area contributed by atoms with Gasteiger partial charge in [0, 0.05) is 30.8 Å². The van der Waals surface area contributed by atoms with Crippen LogP contribution in [0.2, 0.25) is 5.02 Å². The van der Waals surface area contributed by atoms with Crippen LogP contribution < -0.4 is 5.32 Å². The van der Waals surface area contributed by atoms with Gasteiger partial charge in [-0.2, -0.15) is 4.31 Å². The predicted octanol–water partition coefficient (Wildman–Crippen LogP) is 2.98. The molecule has 1 amide bonds. The normalized spacial score (nSPS) is 15.3. The van der Waals surface area contributed by atoms with E-state index in [-0.39, 0.29) is 16.6 Å². The third-order valence-electron chi connectivity index (χ3n) is 4.86. The number of hydrogen-bond acceptors (Lipinski definition) is 6. The summed E-state index contributed by atoms with van der Waals surface area (Å²) < 4.78 is 34.2. The smallest absolute Gasteiger partial charge is 0.243 e. The van der Waals surface area contributed by atoms with Gasteiger partial charge in [-0.15, -0.1) is 0 Å². The number of amides is 1. The topological polar surface area (TPSA) is 93.5 Å². The zero-order valence-corrected chi connectivity index (χ0v) is 19.1. The number of halogens is 1. The first-order valence-electron chi connectivity index (χ1n) is 9.57. The van der Waals surface area contributed by atoms with E-state index in [4.69, 9.17) is 16.3 Å². The molecular formula is C20H21ClN4O4S2. The van der Waals surface area contributed by atoms with Crippen LogP contribution >= 0.6 is 23.4 Å². The van der Waals surface area contributed by atoms with E-state index >= 15 is 0 Å². The fourth-order valence-electron chi connectivity index (χ4n) is 3.28. The quantitative estimate of drug-likeness (QED) is 0.545. The molecule has 1 aromatic heterocycles. The highest BCUT2D eigenvalue weighted by atomic mass is 35.5. The lowest BCUT2D eigenvalue weighted by Crippen LogP contribution is -2.40. The molecule has 31 heavy (non-hydrogen) atoms. The van der Waals surface area contributed by atoms with E-state index in [2.05, 4.69) is 10.3 Å². The highest BCUT2D eigenvalue weighted by Crippen LogP contribution is 2.26. The number of aromatic nitrogens is 2. The second-order valence-corrected chi connectivity index (χ2v) is 10.3. The van der Waals surface area contributed by atoms with E-state index in [1.807, 2.05) is 17.7 Å². The van der Waals surface area contributed by atoms with Crippen LogP contribution in [0.1, 0.15) is 0 Å². The first-order valence-corrected chi connectivity index (χ1v) is 12.4. The summed E-state index contributed by atoms with van der Waals surface area (Å²) in [7, 11) is -1.75. The number of benzene rings is 2. The van der Waals surface area contributed by atoms with Gasteiger partial charge in [-0.25, -0.2) is 13.4 Å². The number of aryl methyl sites for hydroxylation is 1. The van der Waals surface area contributed by atoms with E-state index in [1.54, 1.807) is 24.3 Å². The second kappa shape index (κ2) is 9.17. The van der Waals surface area contributed by atoms with Crippen LogP contribution in [0, 0.1) is 0 Å². The standard InChI is InChI=1S/C20H21ClN4O4S2/c1-24-18-6-5-14(21)11-17(18)23-20(24)30-13-19(26)22-15-3-2-4-16(12-15)31(27,28)25-7-9-29-10-8-25/h2-6,11-12H,7-10,13H2,1H3,(H,22,26). The molecule has 0 radical (unpaired) electrons. The van der Waals surface area contributed by atoms with Gasteiger partial charge in [0.25, 0.3) is 0 Å². The maximum absolute atomic E-state index is 12.8. The van der Waals surface area contributed by atoms with E-state index < -0.39 is 10.0 Å². The Morgan fingerprint density at radius 1 is 1.23 bits per heavy atom. The molecular weight excluding hydrogens is 460 g/mol. The minimum atomic E-state index is -3.63. The summed E-state index contributed by atoms with van der Waals surface area (Å²) in [6, 6.07) is 11.7. The van der Waals surface area contributed by atoms with Crippen molar-refractivity contribution in [3.05, 3.63) is 47.5 Å². The van der Waals surface area contributed by atoms with Gasteiger partial charge in [-0.3, -0.25) is 4.79 Å². The molecule has 0 aliphatic carbocycles. The van der Waals surface area contributed by atoms with Crippen molar-refractivity contribution in [2.24, 2.45) is 7.05 Å². The van der Waals surface area contributed by atoms with Gasteiger partial charge in [0.05, 0.1) is 34.9 Å². The molecule has 11 heteroatoms. The number of morpholine rings is 1. The molecule has 2 aromatic carbocycles. The van der Waals surface area contributed by atoms with Gasteiger partial charge in [0.15, 0.2) is 5.16 Å². The van der Waals surface area contributed by atoms with E-state index in [0.29, 0.717) is 42.2 Å².